The molecular formula is C17H20BrIN4O2. The number of anilines is 1. The summed E-state index contributed by atoms with van der Waals surface area (Å²) in [4.78, 5) is 16.3. The van der Waals surface area contributed by atoms with E-state index >= 15 is 0 Å². The Morgan fingerprint density at radius 3 is 2.52 bits per heavy atom. The summed E-state index contributed by atoms with van der Waals surface area (Å²) in [6.07, 6.45) is -0.242. The number of carbonyl (C=O) groups is 1. The van der Waals surface area contributed by atoms with Gasteiger partial charge in [-0.3, -0.25) is 0 Å². The number of halogens is 2. The third kappa shape index (κ3) is 4.33. The normalized spacial score (nSPS) is 15.6. The SMILES string of the molecule is CC(C)(C)OC(=O)N1CCN(c2ccc(Br)c3nnc(I)cc23)CC1. The first kappa shape index (κ1) is 18.6. The molecule has 25 heavy (non-hydrogen) atoms. The number of hydrogen-bond donors (Lipinski definition) is 0. The van der Waals surface area contributed by atoms with Gasteiger partial charge in [0.25, 0.3) is 0 Å². The topological polar surface area (TPSA) is 58.6 Å². The van der Waals surface area contributed by atoms with Gasteiger partial charge in [0, 0.05) is 41.7 Å². The molecule has 0 unspecified atom stereocenters. The van der Waals surface area contributed by atoms with Crippen LogP contribution in [0.15, 0.2) is 22.7 Å². The summed E-state index contributed by atoms with van der Waals surface area (Å²) in [5.41, 5.74) is 1.51. The van der Waals surface area contributed by atoms with E-state index in [0.29, 0.717) is 13.1 Å². The molecule has 0 aliphatic carbocycles. The summed E-state index contributed by atoms with van der Waals surface area (Å²) in [6.45, 7) is 8.46. The van der Waals surface area contributed by atoms with Crippen LogP contribution < -0.4 is 4.90 Å². The van der Waals surface area contributed by atoms with Crippen molar-refractivity contribution in [2.75, 3.05) is 31.1 Å². The number of carbonyl (C=O) groups excluding carboxylic acids is 1. The van der Waals surface area contributed by atoms with Crippen LogP contribution in [0, 0.1) is 3.70 Å². The number of ether oxygens (including phenoxy) is 1. The van der Waals surface area contributed by atoms with Crippen molar-refractivity contribution < 1.29 is 9.53 Å². The fraction of sp³-hybridized carbons (Fsp3) is 0.471. The molecule has 1 saturated heterocycles. The van der Waals surface area contributed by atoms with Crippen LogP contribution in [-0.2, 0) is 4.74 Å². The zero-order chi connectivity index (χ0) is 18.2. The van der Waals surface area contributed by atoms with Gasteiger partial charge in [-0.1, -0.05) is 0 Å². The van der Waals surface area contributed by atoms with Crippen LogP contribution in [0.4, 0.5) is 10.5 Å². The van der Waals surface area contributed by atoms with Crippen LogP contribution in [-0.4, -0.2) is 53.0 Å². The lowest BCUT2D eigenvalue weighted by molar-refractivity contribution is 0.0241. The highest BCUT2D eigenvalue weighted by atomic mass is 127. The lowest BCUT2D eigenvalue weighted by atomic mass is 10.1. The van der Waals surface area contributed by atoms with Gasteiger partial charge in [0.2, 0.25) is 0 Å². The van der Waals surface area contributed by atoms with E-state index < -0.39 is 5.60 Å². The molecule has 8 heteroatoms. The van der Waals surface area contributed by atoms with E-state index in [0.717, 1.165) is 37.9 Å². The second-order valence-electron chi connectivity index (χ2n) is 6.95. The van der Waals surface area contributed by atoms with Crippen LogP contribution in [0.2, 0.25) is 0 Å². The van der Waals surface area contributed by atoms with Gasteiger partial charge in [0.15, 0.2) is 0 Å². The van der Waals surface area contributed by atoms with Crippen molar-refractivity contribution in [2.24, 2.45) is 0 Å². The Labute approximate surface area is 169 Å². The van der Waals surface area contributed by atoms with Crippen LogP contribution >= 0.6 is 38.5 Å². The second kappa shape index (κ2) is 7.22. The molecule has 0 N–H and O–H groups in total. The third-order valence-electron chi connectivity index (χ3n) is 3.93. The molecule has 2 aromatic rings. The van der Waals surface area contributed by atoms with Crippen molar-refractivity contribution in [3.63, 3.8) is 0 Å². The van der Waals surface area contributed by atoms with E-state index in [4.69, 9.17) is 4.74 Å². The molecule has 0 bridgehead atoms. The molecule has 0 saturated carbocycles. The Morgan fingerprint density at radius 2 is 1.88 bits per heavy atom. The summed E-state index contributed by atoms with van der Waals surface area (Å²) >= 11 is 5.72. The first-order valence-corrected chi connectivity index (χ1v) is 9.96. The average Bonchev–Trinajstić information content (AvgIpc) is 2.54. The number of rotatable bonds is 1. The molecule has 1 aromatic heterocycles. The molecule has 0 atom stereocenters. The molecular weight excluding hydrogens is 499 g/mol. The van der Waals surface area contributed by atoms with E-state index in [1.54, 1.807) is 4.90 Å². The summed E-state index contributed by atoms with van der Waals surface area (Å²) in [6, 6.07) is 6.13. The molecule has 1 fully saturated rings. The molecule has 1 aliphatic heterocycles. The standard InChI is InChI=1S/C17H20BrIN4O2/c1-17(2,3)25-16(24)23-8-6-22(7-9-23)13-5-4-12(18)15-11(13)10-14(19)20-21-15/h4-5,10H,6-9H2,1-3H3. The minimum Gasteiger partial charge on any atom is -0.444 e. The Kier molecular flexibility index (Phi) is 5.38. The summed E-state index contributed by atoms with van der Waals surface area (Å²) in [5, 5.41) is 9.52. The van der Waals surface area contributed by atoms with E-state index in [2.05, 4.69) is 59.7 Å². The first-order chi connectivity index (χ1) is 11.7. The molecule has 0 spiro atoms. The van der Waals surface area contributed by atoms with Crippen molar-refractivity contribution in [1.29, 1.82) is 0 Å². The molecule has 3 rings (SSSR count). The van der Waals surface area contributed by atoms with Crippen molar-refractivity contribution in [3.8, 4) is 0 Å². The number of nitrogens with zero attached hydrogens (tertiary/aromatic N) is 4. The minimum absolute atomic E-state index is 0.242. The van der Waals surface area contributed by atoms with E-state index in [-0.39, 0.29) is 6.09 Å². The number of benzene rings is 1. The Bertz CT molecular complexity index is 801. The maximum atomic E-state index is 12.2. The zero-order valence-electron chi connectivity index (χ0n) is 14.4. The fourth-order valence-electron chi connectivity index (χ4n) is 2.79. The highest BCUT2D eigenvalue weighted by Crippen LogP contribution is 2.32. The van der Waals surface area contributed by atoms with E-state index in [1.165, 1.54) is 0 Å². The van der Waals surface area contributed by atoms with Crippen molar-refractivity contribution in [2.45, 2.75) is 26.4 Å². The maximum Gasteiger partial charge on any atom is 0.410 e. The predicted octanol–water partition coefficient (Wildman–Crippen LogP) is 4.05. The van der Waals surface area contributed by atoms with Crippen molar-refractivity contribution in [1.82, 2.24) is 15.1 Å². The average molecular weight is 519 g/mol. The smallest absolute Gasteiger partial charge is 0.410 e. The quantitative estimate of drug-likeness (QED) is 0.533. The maximum absolute atomic E-state index is 12.2. The number of piperazine rings is 1. The minimum atomic E-state index is -0.467. The number of hydrogen-bond acceptors (Lipinski definition) is 5. The van der Waals surface area contributed by atoms with Gasteiger partial charge in [-0.15, -0.1) is 10.2 Å². The number of fused-ring (bicyclic) bond motifs is 1. The molecule has 6 nitrogen and oxygen atoms in total. The van der Waals surface area contributed by atoms with Gasteiger partial charge in [0.05, 0.1) is 0 Å². The highest BCUT2D eigenvalue weighted by molar-refractivity contribution is 14.1. The van der Waals surface area contributed by atoms with Crippen LogP contribution in [0.25, 0.3) is 10.9 Å². The predicted molar refractivity (Wildman–Crippen MR) is 110 cm³/mol. The summed E-state index contributed by atoms with van der Waals surface area (Å²) in [7, 11) is 0. The highest BCUT2D eigenvalue weighted by Gasteiger charge is 2.26. The van der Waals surface area contributed by atoms with Crippen LogP contribution in [0.5, 0.6) is 0 Å². The first-order valence-electron chi connectivity index (χ1n) is 8.09. The summed E-state index contributed by atoms with van der Waals surface area (Å²) in [5.74, 6) is 0. The third-order valence-corrected chi connectivity index (χ3v) is 5.09. The Hall–Kier alpha value is -1.16. The molecule has 134 valence electrons. The van der Waals surface area contributed by atoms with Gasteiger partial charge in [0.1, 0.15) is 14.8 Å². The largest absolute Gasteiger partial charge is 0.444 e. The Morgan fingerprint density at radius 1 is 1.20 bits per heavy atom. The van der Waals surface area contributed by atoms with E-state index in [1.807, 2.05) is 32.9 Å². The summed E-state index contributed by atoms with van der Waals surface area (Å²) < 4.78 is 7.25. The number of amides is 1. The van der Waals surface area contributed by atoms with Gasteiger partial charge in [-0.05, 0) is 77.5 Å². The Balaban J connectivity index is 1.78. The van der Waals surface area contributed by atoms with Crippen molar-refractivity contribution in [3.05, 3.63) is 26.4 Å². The zero-order valence-corrected chi connectivity index (χ0v) is 18.2. The fourth-order valence-corrected chi connectivity index (χ4v) is 3.64. The van der Waals surface area contributed by atoms with Crippen molar-refractivity contribution >= 4 is 61.2 Å². The van der Waals surface area contributed by atoms with E-state index in [9.17, 15) is 4.79 Å². The lowest BCUT2D eigenvalue weighted by Crippen LogP contribution is -2.50. The van der Waals surface area contributed by atoms with Gasteiger partial charge in [-0.2, -0.15) is 0 Å². The van der Waals surface area contributed by atoms with Gasteiger partial charge in [-0.25, -0.2) is 4.79 Å². The number of aromatic nitrogens is 2. The van der Waals surface area contributed by atoms with Crippen LogP contribution in [0.1, 0.15) is 20.8 Å². The van der Waals surface area contributed by atoms with Gasteiger partial charge >= 0.3 is 6.09 Å². The molecule has 1 aromatic carbocycles. The molecule has 2 heterocycles. The monoisotopic (exact) mass is 518 g/mol. The molecule has 1 aliphatic rings. The molecule has 1 amide bonds. The second-order valence-corrected chi connectivity index (χ2v) is 8.91. The van der Waals surface area contributed by atoms with Crippen LogP contribution in [0.3, 0.4) is 0 Å². The van der Waals surface area contributed by atoms with Gasteiger partial charge < -0.3 is 14.5 Å². The molecule has 0 radical (unpaired) electrons. The lowest BCUT2D eigenvalue weighted by Gasteiger charge is -2.37.